The van der Waals surface area contributed by atoms with Gasteiger partial charge in [-0.05, 0) is 35.9 Å². The van der Waals surface area contributed by atoms with Crippen LogP contribution in [0.4, 0.5) is 0 Å². The molecule has 2 aromatic rings. The molecule has 0 heterocycles. The molecule has 0 saturated heterocycles. The number of methoxy groups -OCH3 is 3. The first-order chi connectivity index (χ1) is 14.4. The van der Waals surface area contributed by atoms with Crippen LogP contribution in [0.2, 0.25) is 0 Å². The third kappa shape index (κ3) is 6.87. The van der Waals surface area contributed by atoms with Crippen molar-refractivity contribution in [3.05, 3.63) is 59.7 Å². The number of sulfonamides is 1. The smallest absolute Gasteiger partial charge is 0.244 e. The van der Waals surface area contributed by atoms with Crippen LogP contribution in [0.3, 0.4) is 0 Å². The number of hydrogen-bond donors (Lipinski definition) is 2. The molecule has 0 aromatic heterocycles. The van der Waals surface area contributed by atoms with E-state index in [0.29, 0.717) is 18.1 Å². The molecule has 0 aliphatic rings. The summed E-state index contributed by atoms with van der Waals surface area (Å²) in [4.78, 5) is 12.3. The standard InChI is InChI=1S/C21H26N2O6S/c1-27-13-12-23-30(25,26)19-9-4-16(5-10-19)15-22-21(24)11-7-17-6-8-18(28-2)14-20(17)29-3/h4-11,14,23H,12-13,15H2,1-3H3,(H,22,24)/b11-7+. The Morgan fingerprint density at radius 1 is 1.03 bits per heavy atom. The molecule has 0 saturated carbocycles. The summed E-state index contributed by atoms with van der Waals surface area (Å²) in [6.07, 6.45) is 3.05. The quantitative estimate of drug-likeness (QED) is 0.414. The van der Waals surface area contributed by atoms with Crippen molar-refractivity contribution in [2.24, 2.45) is 0 Å². The first-order valence-corrected chi connectivity index (χ1v) is 10.6. The molecule has 2 N–H and O–H groups in total. The average Bonchev–Trinajstić information content (AvgIpc) is 2.76. The van der Waals surface area contributed by atoms with Crippen LogP contribution >= 0.6 is 0 Å². The number of ether oxygens (including phenoxy) is 3. The lowest BCUT2D eigenvalue weighted by molar-refractivity contribution is -0.116. The molecule has 0 atom stereocenters. The number of nitrogens with one attached hydrogen (secondary N) is 2. The van der Waals surface area contributed by atoms with Crippen molar-refractivity contribution in [3.8, 4) is 11.5 Å². The number of hydrogen-bond acceptors (Lipinski definition) is 6. The highest BCUT2D eigenvalue weighted by Crippen LogP contribution is 2.25. The van der Waals surface area contributed by atoms with Crippen molar-refractivity contribution in [2.75, 3.05) is 34.5 Å². The largest absolute Gasteiger partial charge is 0.497 e. The number of benzene rings is 2. The van der Waals surface area contributed by atoms with Gasteiger partial charge in [-0.1, -0.05) is 12.1 Å². The van der Waals surface area contributed by atoms with Gasteiger partial charge < -0.3 is 19.5 Å². The Balaban J connectivity index is 1.93. The SMILES string of the molecule is COCCNS(=O)(=O)c1ccc(CNC(=O)/C=C/c2ccc(OC)cc2OC)cc1. The van der Waals surface area contributed by atoms with Gasteiger partial charge in [0, 0.05) is 37.9 Å². The summed E-state index contributed by atoms with van der Waals surface area (Å²) in [5.74, 6) is 0.966. The van der Waals surface area contributed by atoms with Crippen molar-refractivity contribution in [1.29, 1.82) is 0 Å². The molecule has 0 spiro atoms. The molecule has 9 heteroatoms. The van der Waals surface area contributed by atoms with E-state index in [4.69, 9.17) is 14.2 Å². The van der Waals surface area contributed by atoms with Crippen molar-refractivity contribution in [1.82, 2.24) is 10.0 Å². The Kier molecular flexibility index (Phi) is 8.85. The van der Waals surface area contributed by atoms with Crippen LogP contribution in [0.25, 0.3) is 6.08 Å². The zero-order chi connectivity index (χ0) is 22.0. The summed E-state index contributed by atoms with van der Waals surface area (Å²) in [5, 5.41) is 2.76. The fraction of sp³-hybridized carbons (Fsp3) is 0.286. The monoisotopic (exact) mass is 434 g/mol. The van der Waals surface area contributed by atoms with Gasteiger partial charge >= 0.3 is 0 Å². The van der Waals surface area contributed by atoms with Crippen molar-refractivity contribution >= 4 is 22.0 Å². The lowest BCUT2D eigenvalue weighted by atomic mass is 10.1. The van der Waals surface area contributed by atoms with E-state index in [-0.39, 0.29) is 23.9 Å². The molecule has 0 radical (unpaired) electrons. The summed E-state index contributed by atoms with van der Waals surface area (Å²) < 4.78 is 42.0. The van der Waals surface area contributed by atoms with Gasteiger partial charge in [0.2, 0.25) is 15.9 Å². The number of rotatable bonds is 11. The van der Waals surface area contributed by atoms with E-state index in [9.17, 15) is 13.2 Å². The van der Waals surface area contributed by atoms with E-state index in [1.165, 1.54) is 25.3 Å². The predicted molar refractivity (Wildman–Crippen MR) is 114 cm³/mol. The van der Waals surface area contributed by atoms with Gasteiger partial charge in [0.05, 0.1) is 25.7 Å². The maximum absolute atomic E-state index is 12.1. The lowest BCUT2D eigenvalue weighted by Crippen LogP contribution is -2.27. The zero-order valence-electron chi connectivity index (χ0n) is 17.2. The molecule has 8 nitrogen and oxygen atoms in total. The Hall–Kier alpha value is -2.88. The van der Waals surface area contributed by atoms with Crippen LogP contribution in [0.1, 0.15) is 11.1 Å². The predicted octanol–water partition coefficient (Wildman–Crippen LogP) is 1.96. The normalized spacial score (nSPS) is 11.4. The van der Waals surface area contributed by atoms with Gasteiger partial charge in [0.25, 0.3) is 0 Å². The minimum absolute atomic E-state index is 0.153. The highest BCUT2D eigenvalue weighted by atomic mass is 32.2. The molecule has 2 rings (SSSR count). The van der Waals surface area contributed by atoms with Gasteiger partial charge in [-0.2, -0.15) is 0 Å². The molecular formula is C21H26N2O6S. The topological polar surface area (TPSA) is 103 Å². The first kappa shape index (κ1) is 23.4. The van der Waals surface area contributed by atoms with E-state index in [1.807, 2.05) is 0 Å². The summed E-state index contributed by atoms with van der Waals surface area (Å²) in [7, 11) is 1.03. The zero-order valence-corrected chi connectivity index (χ0v) is 18.0. The first-order valence-electron chi connectivity index (χ1n) is 9.15. The van der Waals surface area contributed by atoms with E-state index < -0.39 is 10.0 Å². The Bertz CT molecular complexity index is 971. The van der Waals surface area contributed by atoms with E-state index >= 15 is 0 Å². The van der Waals surface area contributed by atoms with Crippen LogP contribution in [-0.2, 0) is 26.1 Å². The van der Waals surface area contributed by atoms with Gasteiger partial charge in [-0.25, -0.2) is 13.1 Å². The van der Waals surface area contributed by atoms with Gasteiger partial charge in [0.1, 0.15) is 11.5 Å². The summed E-state index contributed by atoms with van der Waals surface area (Å²) in [5.41, 5.74) is 1.51. The van der Waals surface area contributed by atoms with Crippen molar-refractivity contribution in [2.45, 2.75) is 11.4 Å². The second kappa shape index (κ2) is 11.3. The minimum atomic E-state index is -3.58. The van der Waals surface area contributed by atoms with Crippen molar-refractivity contribution < 1.29 is 27.4 Å². The van der Waals surface area contributed by atoms with E-state index in [2.05, 4.69) is 10.0 Å². The second-order valence-electron chi connectivity index (χ2n) is 6.19. The minimum Gasteiger partial charge on any atom is -0.497 e. The molecule has 0 bridgehead atoms. The van der Waals surface area contributed by atoms with E-state index in [1.54, 1.807) is 50.6 Å². The highest BCUT2D eigenvalue weighted by molar-refractivity contribution is 7.89. The Morgan fingerprint density at radius 3 is 2.40 bits per heavy atom. The molecule has 2 aromatic carbocycles. The molecule has 162 valence electrons. The Labute approximate surface area is 176 Å². The van der Waals surface area contributed by atoms with Gasteiger partial charge in [0.15, 0.2) is 0 Å². The third-order valence-corrected chi connectivity index (χ3v) is 5.63. The third-order valence-electron chi connectivity index (χ3n) is 4.15. The molecule has 0 unspecified atom stereocenters. The summed E-state index contributed by atoms with van der Waals surface area (Å²) in [6.45, 7) is 0.752. The van der Waals surface area contributed by atoms with Crippen LogP contribution in [0.5, 0.6) is 11.5 Å². The molecule has 1 amide bonds. The number of carbonyl (C=O) groups is 1. The second-order valence-corrected chi connectivity index (χ2v) is 7.96. The summed E-state index contributed by atoms with van der Waals surface area (Å²) in [6, 6.07) is 11.6. The molecule has 0 fully saturated rings. The van der Waals surface area contributed by atoms with Crippen LogP contribution in [-0.4, -0.2) is 48.8 Å². The van der Waals surface area contributed by atoms with Crippen LogP contribution < -0.4 is 19.5 Å². The van der Waals surface area contributed by atoms with Gasteiger partial charge in [-0.3, -0.25) is 4.79 Å². The lowest BCUT2D eigenvalue weighted by Gasteiger charge is -2.08. The fourth-order valence-corrected chi connectivity index (χ4v) is 3.53. The van der Waals surface area contributed by atoms with Gasteiger partial charge in [-0.15, -0.1) is 0 Å². The van der Waals surface area contributed by atoms with Crippen LogP contribution in [0.15, 0.2) is 53.4 Å². The molecule has 30 heavy (non-hydrogen) atoms. The highest BCUT2D eigenvalue weighted by Gasteiger charge is 2.13. The molecular weight excluding hydrogens is 408 g/mol. The number of carbonyl (C=O) groups excluding carboxylic acids is 1. The maximum atomic E-state index is 12.1. The fourth-order valence-electron chi connectivity index (χ4n) is 2.52. The Morgan fingerprint density at radius 2 is 1.77 bits per heavy atom. The maximum Gasteiger partial charge on any atom is 0.244 e. The molecule has 0 aliphatic carbocycles. The van der Waals surface area contributed by atoms with Crippen molar-refractivity contribution in [3.63, 3.8) is 0 Å². The van der Waals surface area contributed by atoms with Crippen LogP contribution in [0, 0.1) is 0 Å². The number of amides is 1. The average molecular weight is 435 g/mol. The molecule has 0 aliphatic heterocycles. The summed E-state index contributed by atoms with van der Waals surface area (Å²) >= 11 is 0. The van der Waals surface area contributed by atoms with E-state index in [0.717, 1.165) is 11.1 Å².